The molecule has 0 saturated heterocycles. The summed E-state index contributed by atoms with van der Waals surface area (Å²) in [4.78, 5) is 27.0. The van der Waals surface area contributed by atoms with Crippen LogP contribution < -0.4 is 10.1 Å². The normalized spacial score (nSPS) is 14.1. The molecule has 1 aliphatic carbocycles. The number of pyridine rings is 1. The number of hydrogen-bond donors (Lipinski definition) is 1. The molecule has 218 valence electrons. The molecule has 1 fully saturated rings. The molecule has 0 radical (unpaired) electrons. The zero-order valence-electron chi connectivity index (χ0n) is 24.8. The van der Waals surface area contributed by atoms with Crippen molar-refractivity contribution in [3.63, 3.8) is 0 Å². The molecule has 0 atom stereocenters. The Morgan fingerprint density at radius 3 is 2.21 bits per heavy atom. The number of rotatable bonds is 8. The highest BCUT2D eigenvalue weighted by Gasteiger charge is 2.41. The third-order valence-corrected chi connectivity index (χ3v) is 7.76. The van der Waals surface area contributed by atoms with Gasteiger partial charge in [0.25, 0.3) is 0 Å². The van der Waals surface area contributed by atoms with E-state index in [-0.39, 0.29) is 6.09 Å². The molecule has 7 nitrogen and oxygen atoms in total. The first kappa shape index (κ1) is 28.3. The summed E-state index contributed by atoms with van der Waals surface area (Å²) in [7, 11) is 0. The minimum absolute atomic E-state index is 0.387. The first-order valence-corrected chi connectivity index (χ1v) is 14.8. The monoisotopic (exact) mass is 572 g/mol. The lowest BCUT2D eigenvalue weighted by molar-refractivity contribution is 0.0377. The number of nitrogens with one attached hydrogen (secondary N) is 1. The molecule has 0 spiro atoms. The molecule has 5 aromatic rings. The number of hydrogen-bond acceptors (Lipinski definition) is 6. The van der Waals surface area contributed by atoms with Crippen LogP contribution in [0.25, 0.3) is 33.5 Å². The van der Waals surface area contributed by atoms with Crippen LogP contribution in [0.1, 0.15) is 51.2 Å². The first-order chi connectivity index (χ1) is 20.8. The van der Waals surface area contributed by atoms with Crippen molar-refractivity contribution >= 4 is 17.1 Å². The fraction of sp³-hybridized carbons (Fsp3) is 0.278. The number of carbonyl (C=O) groups excluding carboxylic acids is 1. The lowest BCUT2D eigenvalue weighted by Gasteiger charge is -2.43. The Balaban J connectivity index is 1.32. The summed E-state index contributed by atoms with van der Waals surface area (Å²) in [6.45, 7) is 6.15. The molecule has 0 aliphatic heterocycles. The maximum Gasteiger partial charge on any atom is 0.408 e. The van der Waals surface area contributed by atoms with Crippen molar-refractivity contribution in [2.24, 2.45) is 0 Å². The van der Waals surface area contributed by atoms with E-state index in [0.29, 0.717) is 12.4 Å². The van der Waals surface area contributed by atoms with Crippen molar-refractivity contribution in [2.45, 2.75) is 57.6 Å². The van der Waals surface area contributed by atoms with Crippen LogP contribution in [-0.2, 0) is 16.7 Å². The van der Waals surface area contributed by atoms with E-state index >= 15 is 0 Å². The number of fused-ring (bicyclic) bond motifs is 1. The molecule has 2 aromatic heterocycles. The van der Waals surface area contributed by atoms with Gasteiger partial charge in [0.05, 0.1) is 29.1 Å². The quantitative estimate of drug-likeness (QED) is 0.204. The Kier molecular flexibility index (Phi) is 7.80. The van der Waals surface area contributed by atoms with Crippen molar-refractivity contribution < 1.29 is 14.3 Å². The highest BCUT2D eigenvalue weighted by atomic mass is 16.6. The number of aromatic nitrogens is 3. The maximum absolute atomic E-state index is 12.7. The molecule has 1 N–H and O–H groups in total. The lowest BCUT2D eigenvalue weighted by atomic mass is 9.71. The Morgan fingerprint density at radius 1 is 0.837 bits per heavy atom. The summed E-state index contributed by atoms with van der Waals surface area (Å²) in [6, 6.07) is 28.3. The molecule has 0 bridgehead atoms. The SMILES string of the molecule is CC(C)(C)OC(=O)NC1(c2ccc(-c3nc4cccc(OCCc5ccncc5)c4nc3-c3ccccc3)cc2)CCC1. The fourth-order valence-electron chi connectivity index (χ4n) is 5.46. The third kappa shape index (κ3) is 6.36. The lowest BCUT2D eigenvalue weighted by Crippen LogP contribution is -2.52. The summed E-state index contributed by atoms with van der Waals surface area (Å²) in [6.07, 6.45) is 6.78. The van der Waals surface area contributed by atoms with E-state index in [1.54, 1.807) is 12.4 Å². The Labute approximate surface area is 252 Å². The van der Waals surface area contributed by atoms with Gasteiger partial charge in [-0.2, -0.15) is 0 Å². The van der Waals surface area contributed by atoms with Crippen LogP contribution in [0.5, 0.6) is 5.75 Å². The highest BCUT2D eigenvalue weighted by Crippen LogP contribution is 2.42. The largest absolute Gasteiger partial charge is 0.491 e. The molecule has 7 heteroatoms. The molecule has 1 aliphatic rings. The predicted molar refractivity (Wildman–Crippen MR) is 169 cm³/mol. The minimum Gasteiger partial charge on any atom is -0.491 e. The average molecular weight is 573 g/mol. The first-order valence-electron chi connectivity index (χ1n) is 14.8. The third-order valence-electron chi connectivity index (χ3n) is 7.76. The van der Waals surface area contributed by atoms with Crippen molar-refractivity contribution in [1.29, 1.82) is 0 Å². The summed E-state index contributed by atoms with van der Waals surface area (Å²) in [5.74, 6) is 0.707. The Hall–Kier alpha value is -4.78. The number of benzene rings is 3. The van der Waals surface area contributed by atoms with Gasteiger partial charge in [0.15, 0.2) is 0 Å². The van der Waals surface area contributed by atoms with E-state index in [9.17, 15) is 4.79 Å². The van der Waals surface area contributed by atoms with Crippen molar-refractivity contribution in [2.75, 3.05) is 6.61 Å². The zero-order chi connectivity index (χ0) is 29.9. The van der Waals surface area contributed by atoms with Crippen molar-refractivity contribution in [1.82, 2.24) is 20.3 Å². The van der Waals surface area contributed by atoms with Crippen LogP contribution in [0.15, 0.2) is 97.3 Å². The minimum atomic E-state index is -0.550. The van der Waals surface area contributed by atoms with Crippen LogP contribution in [0.2, 0.25) is 0 Å². The van der Waals surface area contributed by atoms with Crippen LogP contribution in [0, 0.1) is 0 Å². The van der Waals surface area contributed by atoms with Gasteiger partial charge in [-0.1, -0.05) is 60.7 Å². The van der Waals surface area contributed by atoms with Gasteiger partial charge < -0.3 is 14.8 Å². The molecule has 43 heavy (non-hydrogen) atoms. The Morgan fingerprint density at radius 2 is 1.53 bits per heavy atom. The highest BCUT2D eigenvalue weighted by molar-refractivity contribution is 5.89. The van der Waals surface area contributed by atoms with Gasteiger partial charge in [0.1, 0.15) is 16.9 Å². The van der Waals surface area contributed by atoms with Gasteiger partial charge in [-0.25, -0.2) is 14.8 Å². The molecule has 3 aromatic carbocycles. The number of alkyl carbamates (subject to hydrolysis) is 1. The average Bonchev–Trinajstić information content (AvgIpc) is 2.99. The summed E-state index contributed by atoms with van der Waals surface area (Å²) in [5, 5.41) is 3.15. The maximum atomic E-state index is 12.7. The Bertz CT molecular complexity index is 1710. The van der Waals surface area contributed by atoms with Gasteiger partial charge in [-0.15, -0.1) is 0 Å². The van der Waals surface area contributed by atoms with Crippen molar-refractivity contribution in [3.8, 4) is 28.3 Å². The van der Waals surface area contributed by atoms with Crippen LogP contribution >= 0.6 is 0 Å². The van der Waals surface area contributed by atoms with E-state index in [1.165, 1.54) is 5.56 Å². The van der Waals surface area contributed by atoms with Gasteiger partial charge >= 0.3 is 6.09 Å². The molecule has 6 rings (SSSR count). The van der Waals surface area contributed by atoms with E-state index < -0.39 is 11.1 Å². The molecule has 1 saturated carbocycles. The fourth-order valence-corrected chi connectivity index (χ4v) is 5.46. The van der Waals surface area contributed by atoms with E-state index in [1.807, 2.05) is 69.3 Å². The summed E-state index contributed by atoms with van der Waals surface area (Å²) < 4.78 is 11.8. The van der Waals surface area contributed by atoms with Crippen LogP contribution in [-0.4, -0.2) is 33.3 Å². The number of amides is 1. The summed E-state index contributed by atoms with van der Waals surface area (Å²) >= 11 is 0. The number of ether oxygens (including phenoxy) is 2. The van der Waals surface area contributed by atoms with Gasteiger partial charge in [0.2, 0.25) is 0 Å². The molecular formula is C36H36N4O3. The standard InChI is InChI=1S/C36H36N4O3/c1-35(2,3)43-34(41)40-36(20-8-21-36)28-15-13-27(14-16-28)31-32(26-9-5-4-6-10-26)39-33-29(38-31)11-7-12-30(33)42-24-19-25-17-22-37-23-18-25/h4-7,9-18,22-23H,8,19-21,24H2,1-3H3,(H,40,41). The van der Waals surface area contributed by atoms with Gasteiger partial charge in [-0.3, -0.25) is 4.98 Å². The van der Waals surface area contributed by atoms with Crippen LogP contribution in [0.4, 0.5) is 4.79 Å². The topological polar surface area (TPSA) is 86.2 Å². The smallest absolute Gasteiger partial charge is 0.408 e. The number of carbonyl (C=O) groups is 1. The number of para-hydroxylation sites is 1. The molecular weight excluding hydrogens is 536 g/mol. The van der Waals surface area contributed by atoms with E-state index in [4.69, 9.17) is 19.4 Å². The predicted octanol–water partition coefficient (Wildman–Crippen LogP) is 7.88. The van der Waals surface area contributed by atoms with Crippen LogP contribution in [0.3, 0.4) is 0 Å². The summed E-state index contributed by atoms with van der Waals surface area (Å²) in [5.41, 5.74) is 6.27. The second-order valence-corrected chi connectivity index (χ2v) is 12.0. The van der Waals surface area contributed by atoms with E-state index in [0.717, 1.165) is 64.8 Å². The molecule has 0 unspecified atom stereocenters. The zero-order valence-corrected chi connectivity index (χ0v) is 24.8. The molecule has 1 amide bonds. The van der Waals surface area contributed by atoms with Gasteiger partial charge in [-0.05, 0) is 75.4 Å². The molecule has 2 heterocycles. The van der Waals surface area contributed by atoms with Gasteiger partial charge in [0, 0.05) is 29.9 Å². The number of nitrogens with zero attached hydrogens (tertiary/aromatic N) is 3. The van der Waals surface area contributed by atoms with E-state index in [2.05, 4.69) is 46.7 Å². The second kappa shape index (κ2) is 11.8. The second-order valence-electron chi connectivity index (χ2n) is 12.0. The van der Waals surface area contributed by atoms with Crippen molar-refractivity contribution in [3.05, 3.63) is 108 Å².